The number of esters is 1. The summed E-state index contributed by atoms with van der Waals surface area (Å²) < 4.78 is 5.16. The van der Waals surface area contributed by atoms with Crippen LogP contribution in [0.5, 0.6) is 0 Å². The summed E-state index contributed by atoms with van der Waals surface area (Å²) in [5.74, 6) is -0.903. The predicted octanol–water partition coefficient (Wildman–Crippen LogP) is 2.50. The number of amides is 2. The van der Waals surface area contributed by atoms with E-state index in [1.165, 1.54) is 11.3 Å². The zero-order valence-corrected chi connectivity index (χ0v) is 16.5. The minimum atomic E-state index is -0.360. The fourth-order valence-electron chi connectivity index (χ4n) is 3.17. The summed E-state index contributed by atoms with van der Waals surface area (Å²) in [6, 6.07) is 13.5. The topological polar surface area (TPSA) is 75.7 Å². The highest BCUT2D eigenvalue weighted by Gasteiger charge is 2.29. The number of nitrogens with zero attached hydrogens (tertiary/aromatic N) is 1. The third-order valence-corrected chi connectivity index (χ3v) is 5.63. The molecule has 0 atom stereocenters. The lowest BCUT2D eigenvalue weighted by atomic mass is 9.97. The van der Waals surface area contributed by atoms with Gasteiger partial charge in [0.25, 0.3) is 11.8 Å². The average Bonchev–Trinajstić information content (AvgIpc) is 3.27. The maximum atomic E-state index is 12.3. The number of ether oxygens (including phenoxy) is 1. The Morgan fingerprint density at radius 2 is 1.82 bits per heavy atom. The molecule has 0 spiro atoms. The van der Waals surface area contributed by atoms with Gasteiger partial charge in [-0.15, -0.1) is 11.3 Å². The van der Waals surface area contributed by atoms with Crippen LogP contribution in [0.3, 0.4) is 0 Å². The summed E-state index contributed by atoms with van der Waals surface area (Å²) in [6.07, 6.45) is 1.86. The molecule has 1 saturated heterocycles. The minimum absolute atomic E-state index is 0.0135. The third-order valence-electron chi connectivity index (χ3n) is 4.77. The fraction of sp³-hybridized carbons (Fsp3) is 0.381. The maximum Gasteiger partial charge on any atom is 0.309 e. The largest absolute Gasteiger partial charge is 0.455 e. The molecule has 2 amide bonds. The lowest BCUT2D eigenvalue weighted by Crippen LogP contribution is -2.41. The van der Waals surface area contributed by atoms with Gasteiger partial charge in [0, 0.05) is 19.6 Å². The lowest BCUT2D eigenvalue weighted by molar-refractivity contribution is -0.153. The molecule has 148 valence electrons. The van der Waals surface area contributed by atoms with Crippen LogP contribution in [-0.2, 0) is 20.7 Å². The van der Waals surface area contributed by atoms with Crippen LogP contribution < -0.4 is 5.32 Å². The Hall–Kier alpha value is -2.67. The van der Waals surface area contributed by atoms with E-state index < -0.39 is 0 Å². The van der Waals surface area contributed by atoms with Crippen LogP contribution in [0, 0.1) is 5.92 Å². The smallest absolute Gasteiger partial charge is 0.309 e. The zero-order chi connectivity index (χ0) is 19.8. The number of piperidine rings is 1. The number of thiophene rings is 1. The molecule has 6 nitrogen and oxygen atoms in total. The average molecular weight is 401 g/mol. The molecule has 0 radical (unpaired) electrons. The van der Waals surface area contributed by atoms with E-state index in [-0.39, 0.29) is 30.3 Å². The molecule has 7 heteroatoms. The summed E-state index contributed by atoms with van der Waals surface area (Å²) in [6.45, 7) is 1.30. The summed E-state index contributed by atoms with van der Waals surface area (Å²) in [5, 5.41) is 4.64. The summed E-state index contributed by atoms with van der Waals surface area (Å²) in [5.41, 5.74) is 1.14. The van der Waals surface area contributed by atoms with Crippen molar-refractivity contribution in [3.8, 4) is 0 Å². The molecule has 0 saturated carbocycles. The van der Waals surface area contributed by atoms with Crippen molar-refractivity contribution < 1.29 is 19.1 Å². The molecule has 2 aromatic rings. The van der Waals surface area contributed by atoms with Crippen LogP contribution in [0.15, 0.2) is 47.8 Å². The molecule has 1 aromatic heterocycles. The number of likely N-dealkylation sites (tertiary alicyclic amines) is 1. The van der Waals surface area contributed by atoms with Crippen LogP contribution in [0.4, 0.5) is 0 Å². The SMILES string of the molecule is O=C(COC(=O)C1CCN(C(=O)c2cccs2)CC1)NCCc1ccccc1. The van der Waals surface area contributed by atoms with Crippen LogP contribution in [0.25, 0.3) is 0 Å². The molecule has 3 rings (SSSR count). The third kappa shape index (κ3) is 5.66. The Labute approximate surface area is 168 Å². The quantitative estimate of drug-likeness (QED) is 0.725. The first-order valence-corrected chi connectivity index (χ1v) is 10.3. The molecule has 1 fully saturated rings. The van der Waals surface area contributed by atoms with Crippen molar-refractivity contribution in [2.45, 2.75) is 19.3 Å². The highest BCUT2D eigenvalue weighted by Crippen LogP contribution is 2.21. The van der Waals surface area contributed by atoms with E-state index in [1.54, 1.807) is 4.90 Å². The van der Waals surface area contributed by atoms with Gasteiger partial charge in [-0.1, -0.05) is 36.4 Å². The zero-order valence-electron chi connectivity index (χ0n) is 15.6. The van der Waals surface area contributed by atoms with Crippen LogP contribution in [-0.4, -0.2) is 48.9 Å². The lowest BCUT2D eigenvalue weighted by Gasteiger charge is -2.30. The number of carbonyl (C=O) groups excluding carboxylic acids is 3. The molecule has 0 unspecified atom stereocenters. The molecule has 1 aliphatic heterocycles. The number of hydrogen-bond acceptors (Lipinski definition) is 5. The first-order chi connectivity index (χ1) is 13.6. The Balaban J connectivity index is 1.33. The van der Waals surface area contributed by atoms with Gasteiger partial charge in [-0.2, -0.15) is 0 Å². The normalized spacial score (nSPS) is 14.5. The standard InChI is InChI=1S/C21H24N2O4S/c24-19(22-11-8-16-5-2-1-3-6-16)15-27-21(26)17-9-12-23(13-10-17)20(25)18-7-4-14-28-18/h1-7,14,17H,8-13,15H2,(H,22,24). The number of benzene rings is 1. The monoisotopic (exact) mass is 400 g/mol. The molecule has 1 aromatic carbocycles. The number of hydrogen-bond donors (Lipinski definition) is 1. The minimum Gasteiger partial charge on any atom is -0.455 e. The Morgan fingerprint density at radius 3 is 2.50 bits per heavy atom. The van der Waals surface area contributed by atoms with E-state index in [2.05, 4.69) is 5.32 Å². The van der Waals surface area contributed by atoms with Crippen molar-refractivity contribution >= 4 is 29.1 Å². The van der Waals surface area contributed by atoms with Crippen molar-refractivity contribution in [3.05, 3.63) is 58.3 Å². The van der Waals surface area contributed by atoms with Gasteiger partial charge in [-0.25, -0.2) is 0 Å². The van der Waals surface area contributed by atoms with Gasteiger partial charge in [-0.05, 0) is 36.3 Å². The number of nitrogens with one attached hydrogen (secondary N) is 1. The first-order valence-electron chi connectivity index (χ1n) is 9.43. The van der Waals surface area contributed by atoms with Crippen molar-refractivity contribution in [2.75, 3.05) is 26.2 Å². The van der Waals surface area contributed by atoms with Crippen molar-refractivity contribution in [3.63, 3.8) is 0 Å². The Kier molecular flexibility index (Phi) is 7.19. The van der Waals surface area contributed by atoms with Crippen LogP contribution >= 0.6 is 11.3 Å². The molecule has 1 N–H and O–H groups in total. The van der Waals surface area contributed by atoms with Crippen LogP contribution in [0.2, 0.25) is 0 Å². The second-order valence-electron chi connectivity index (χ2n) is 6.74. The number of carbonyl (C=O) groups is 3. The molecule has 2 heterocycles. The van der Waals surface area contributed by atoms with E-state index in [0.29, 0.717) is 37.4 Å². The van der Waals surface area contributed by atoms with E-state index in [1.807, 2.05) is 47.8 Å². The highest BCUT2D eigenvalue weighted by atomic mass is 32.1. The molecule has 28 heavy (non-hydrogen) atoms. The maximum absolute atomic E-state index is 12.3. The highest BCUT2D eigenvalue weighted by molar-refractivity contribution is 7.12. The molecule has 0 aliphatic carbocycles. The van der Waals surface area contributed by atoms with Gasteiger partial charge < -0.3 is 15.0 Å². The van der Waals surface area contributed by atoms with Crippen molar-refractivity contribution in [1.29, 1.82) is 0 Å². The Bertz CT molecular complexity index is 784. The Morgan fingerprint density at radius 1 is 1.07 bits per heavy atom. The van der Waals surface area contributed by atoms with Crippen molar-refractivity contribution in [1.82, 2.24) is 10.2 Å². The molecular weight excluding hydrogens is 376 g/mol. The molecular formula is C21H24N2O4S. The van der Waals surface area contributed by atoms with Crippen molar-refractivity contribution in [2.24, 2.45) is 5.92 Å². The van der Waals surface area contributed by atoms with Crippen LogP contribution in [0.1, 0.15) is 28.1 Å². The fourth-order valence-corrected chi connectivity index (χ4v) is 3.86. The second-order valence-corrected chi connectivity index (χ2v) is 7.68. The second kappa shape index (κ2) is 10.0. The molecule has 0 bridgehead atoms. The number of rotatable bonds is 7. The summed E-state index contributed by atoms with van der Waals surface area (Å²) in [4.78, 5) is 38.9. The van der Waals surface area contributed by atoms with E-state index >= 15 is 0 Å². The van der Waals surface area contributed by atoms with Gasteiger partial charge in [0.05, 0.1) is 10.8 Å². The van der Waals surface area contributed by atoms with Gasteiger partial charge in [0.2, 0.25) is 0 Å². The van der Waals surface area contributed by atoms with Gasteiger partial charge in [-0.3, -0.25) is 14.4 Å². The summed E-state index contributed by atoms with van der Waals surface area (Å²) >= 11 is 1.42. The molecule has 1 aliphatic rings. The van der Waals surface area contributed by atoms with E-state index in [4.69, 9.17) is 4.74 Å². The van der Waals surface area contributed by atoms with Gasteiger partial charge in [0.15, 0.2) is 6.61 Å². The first kappa shape index (κ1) is 20.1. The predicted molar refractivity (Wildman–Crippen MR) is 107 cm³/mol. The van der Waals surface area contributed by atoms with E-state index in [0.717, 1.165) is 12.0 Å². The van der Waals surface area contributed by atoms with Gasteiger partial charge >= 0.3 is 5.97 Å². The summed E-state index contributed by atoms with van der Waals surface area (Å²) in [7, 11) is 0. The van der Waals surface area contributed by atoms with Gasteiger partial charge in [0.1, 0.15) is 0 Å². The van der Waals surface area contributed by atoms with E-state index in [9.17, 15) is 14.4 Å².